The highest BCUT2D eigenvalue weighted by Gasteiger charge is 2.30. The molecule has 0 saturated carbocycles. The average molecular weight is 309 g/mol. The third-order valence-corrected chi connectivity index (χ3v) is 3.83. The van der Waals surface area contributed by atoms with Gasteiger partial charge in [-0.25, -0.2) is 0 Å². The first-order valence-corrected chi connectivity index (χ1v) is 7.27. The lowest BCUT2D eigenvalue weighted by Gasteiger charge is -2.22. The molecule has 2 rings (SSSR count). The molecule has 1 heterocycles. The molecular formula is C16H21ClN2O2. The Bertz CT molecular complexity index is 662. The van der Waals surface area contributed by atoms with E-state index in [2.05, 4.69) is 16.1 Å². The Labute approximate surface area is 130 Å². The number of nitrogens with zero attached hydrogens (tertiary/aromatic N) is 1. The summed E-state index contributed by atoms with van der Waals surface area (Å²) in [6, 6.07) is 5.84. The molecule has 0 atom stereocenters. The highest BCUT2D eigenvalue weighted by molar-refractivity contribution is 6.31. The first-order valence-electron chi connectivity index (χ1n) is 6.89. The van der Waals surface area contributed by atoms with Crippen molar-refractivity contribution in [3.63, 3.8) is 0 Å². The van der Waals surface area contributed by atoms with Gasteiger partial charge in [-0.15, -0.1) is 0 Å². The predicted octanol–water partition coefficient (Wildman–Crippen LogP) is 3.21. The van der Waals surface area contributed by atoms with E-state index in [9.17, 15) is 4.79 Å². The average Bonchev–Trinajstić information content (AvgIpc) is 2.75. The van der Waals surface area contributed by atoms with Crippen LogP contribution in [0.3, 0.4) is 0 Å². The first-order chi connectivity index (χ1) is 9.89. The molecule has 0 saturated heterocycles. The fourth-order valence-electron chi connectivity index (χ4n) is 2.57. The van der Waals surface area contributed by atoms with Gasteiger partial charge in [0.25, 0.3) is 0 Å². The van der Waals surface area contributed by atoms with Gasteiger partial charge in [0.15, 0.2) is 0 Å². The van der Waals surface area contributed by atoms with E-state index in [1.807, 2.05) is 39.1 Å². The molecule has 1 aromatic carbocycles. The molecule has 21 heavy (non-hydrogen) atoms. The van der Waals surface area contributed by atoms with E-state index >= 15 is 0 Å². The number of halogens is 1. The van der Waals surface area contributed by atoms with Crippen LogP contribution >= 0.6 is 11.6 Å². The fourth-order valence-corrected chi connectivity index (χ4v) is 2.74. The van der Waals surface area contributed by atoms with Gasteiger partial charge in [0.1, 0.15) is 0 Å². The lowest BCUT2D eigenvalue weighted by atomic mass is 9.93. The number of esters is 1. The van der Waals surface area contributed by atoms with Crippen LogP contribution in [0, 0.1) is 5.41 Å². The summed E-state index contributed by atoms with van der Waals surface area (Å²) in [6.07, 6.45) is 2.07. The predicted molar refractivity (Wildman–Crippen MR) is 85.5 cm³/mol. The van der Waals surface area contributed by atoms with Crippen molar-refractivity contribution in [1.29, 1.82) is 0 Å². The summed E-state index contributed by atoms with van der Waals surface area (Å²) in [7, 11) is 3.33. The van der Waals surface area contributed by atoms with Crippen molar-refractivity contribution < 1.29 is 9.53 Å². The second kappa shape index (κ2) is 6.08. The van der Waals surface area contributed by atoms with Crippen molar-refractivity contribution in [1.82, 2.24) is 9.88 Å². The molecule has 0 amide bonds. The van der Waals surface area contributed by atoms with Crippen LogP contribution in [0.15, 0.2) is 24.4 Å². The maximum Gasteiger partial charge on any atom is 0.313 e. The number of benzene rings is 1. The Hall–Kier alpha value is -1.52. The number of ether oxygens (including phenoxy) is 1. The number of methoxy groups -OCH3 is 1. The van der Waals surface area contributed by atoms with Gasteiger partial charge in [0.05, 0.1) is 12.5 Å². The van der Waals surface area contributed by atoms with Gasteiger partial charge in [-0.05, 0) is 38.6 Å². The smallest absolute Gasteiger partial charge is 0.313 e. The van der Waals surface area contributed by atoms with E-state index in [-0.39, 0.29) is 5.97 Å². The monoisotopic (exact) mass is 308 g/mol. The molecule has 0 aliphatic heterocycles. The Morgan fingerprint density at radius 1 is 1.43 bits per heavy atom. The summed E-state index contributed by atoms with van der Waals surface area (Å²) in [5, 5.41) is 5.00. The van der Waals surface area contributed by atoms with Gasteiger partial charge in [-0.3, -0.25) is 4.79 Å². The summed E-state index contributed by atoms with van der Waals surface area (Å²) in [5.74, 6) is -0.221. The fraction of sp³-hybridized carbons (Fsp3) is 0.438. The van der Waals surface area contributed by atoms with Crippen LogP contribution in [0.5, 0.6) is 0 Å². The molecule has 4 nitrogen and oxygen atoms in total. The van der Waals surface area contributed by atoms with E-state index in [0.717, 1.165) is 17.4 Å². The summed E-state index contributed by atoms with van der Waals surface area (Å²) >= 11 is 6.12. The molecule has 0 fully saturated rings. The Kier molecular flexibility index (Phi) is 4.59. The number of carbonyl (C=O) groups is 1. The zero-order valence-electron chi connectivity index (χ0n) is 12.9. The third kappa shape index (κ3) is 3.22. The molecule has 1 N–H and O–H groups in total. The summed E-state index contributed by atoms with van der Waals surface area (Å²) in [5.41, 5.74) is 1.62. The Morgan fingerprint density at radius 2 is 2.14 bits per heavy atom. The van der Waals surface area contributed by atoms with Crippen LogP contribution in [-0.4, -0.2) is 24.7 Å². The highest BCUT2D eigenvalue weighted by atomic mass is 35.5. The Balaban J connectivity index is 2.48. The van der Waals surface area contributed by atoms with E-state index < -0.39 is 5.41 Å². The van der Waals surface area contributed by atoms with Crippen molar-refractivity contribution in [3.05, 3.63) is 35.0 Å². The first kappa shape index (κ1) is 15.9. The van der Waals surface area contributed by atoms with Gasteiger partial charge in [-0.2, -0.15) is 0 Å². The van der Waals surface area contributed by atoms with E-state index in [1.54, 1.807) is 0 Å². The zero-order chi connectivity index (χ0) is 15.6. The molecule has 0 bridgehead atoms. The number of hydrogen-bond acceptors (Lipinski definition) is 3. The van der Waals surface area contributed by atoms with Gasteiger partial charge in [0, 0.05) is 35.2 Å². The van der Waals surface area contributed by atoms with Crippen molar-refractivity contribution in [2.24, 2.45) is 5.41 Å². The van der Waals surface area contributed by atoms with Crippen molar-refractivity contribution in [3.8, 4) is 0 Å². The molecule has 0 aliphatic rings. The lowest BCUT2D eigenvalue weighted by molar-refractivity contribution is -0.151. The molecule has 0 unspecified atom stereocenters. The minimum absolute atomic E-state index is 0.221. The lowest BCUT2D eigenvalue weighted by Crippen LogP contribution is -2.30. The molecule has 114 valence electrons. The SMILES string of the molecule is CNCc1cn(CC(C)(C)C(=O)OC)c2cc(Cl)ccc12. The van der Waals surface area contributed by atoms with Crippen molar-refractivity contribution in [2.45, 2.75) is 26.9 Å². The van der Waals surface area contributed by atoms with Crippen LogP contribution in [0.4, 0.5) is 0 Å². The number of aromatic nitrogens is 1. The number of nitrogens with one attached hydrogen (secondary N) is 1. The van der Waals surface area contributed by atoms with Gasteiger partial charge < -0.3 is 14.6 Å². The van der Waals surface area contributed by atoms with Crippen LogP contribution < -0.4 is 5.32 Å². The molecule has 1 aromatic heterocycles. The number of fused-ring (bicyclic) bond motifs is 1. The minimum atomic E-state index is -0.597. The van der Waals surface area contributed by atoms with Crippen LogP contribution in [0.25, 0.3) is 10.9 Å². The summed E-state index contributed by atoms with van der Waals surface area (Å²) < 4.78 is 6.96. The zero-order valence-corrected chi connectivity index (χ0v) is 13.6. The number of rotatable bonds is 5. The Morgan fingerprint density at radius 3 is 2.76 bits per heavy atom. The summed E-state index contributed by atoms with van der Waals surface area (Å²) in [6.45, 7) is 5.07. The summed E-state index contributed by atoms with van der Waals surface area (Å²) in [4.78, 5) is 11.9. The molecule has 2 aromatic rings. The van der Waals surface area contributed by atoms with Gasteiger partial charge >= 0.3 is 5.97 Å². The second-order valence-electron chi connectivity index (χ2n) is 5.85. The largest absolute Gasteiger partial charge is 0.469 e. The molecular weight excluding hydrogens is 288 g/mol. The number of carbonyl (C=O) groups excluding carboxylic acids is 1. The van der Waals surface area contributed by atoms with E-state index in [4.69, 9.17) is 16.3 Å². The van der Waals surface area contributed by atoms with Gasteiger partial charge in [0.2, 0.25) is 0 Å². The quantitative estimate of drug-likeness (QED) is 0.863. The minimum Gasteiger partial charge on any atom is -0.469 e. The molecule has 0 spiro atoms. The van der Waals surface area contributed by atoms with Crippen molar-refractivity contribution >= 4 is 28.5 Å². The molecule has 0 aliphatic carbocycles. The third-order valence-electron chi connectivity index (χ3n) is 3.60. The van der Waals surface area contributed by atoms with Crippen molar-refractivity contribution in [2.75, 3.05) is 14.2 Å². The second-order valence-corrected chi connectivity index (χ2v) is 6.29. The van der Waals surface area contributed by atoms with E-state index in [0.29, 0.717) is 11.6 Å². The van der Waals surface area contributed by atoms with Crippen LogP contribution in [0.1, 0.15) is 19.4 Å². The molecule has 5 heteroatoms. The van der Waals surface area contributed by atoms with Gasteiger partial charge in [-0.1, -0.05) is 17.7 Å². The maximum absolute atomic E-state index is 11.9. The highest BCUT2D eigenvalue weighted by Crippen LogP contribution is 2.28. The van der Waals surface area contributed by atoms with Crippen LogP contribution in [0.2, 0.25) is 5.02 Å². The standard InChI is InChI=1S/C16H21ClN2O2/c1-16(2,15(20)21-4)10-19-9-11(8-18-3)13-6-5-12(17)7-14(13)19/h5-7,9,18H,8,10H2,1-4H3. The number of hydrogen-bond donors (Lipinski definition) is 1. The maximum atomic E-state index is 11.9. The van der Waals surface area contributed by atoms with E-state index in [1.165, 1.54) is 12.7 Å². The topological polar surface area (TPSA) is 43.3 Å². The molecule has 0 radical (unpaired) electrons. The normalized spacial score (nSPS) is 11.9. The van der Waals surface area contributed by atoms with Crippen LogP contribution in [-0.2, 0) is 22.6 Å².